The molecule has 146 valence electrons. The quantitative estimate of drug-likeness (QED) is 0.779. The first-order chi connectivity index (χ1) is 12.2. The second-order valence-electron chi connectivity index (χ2n) is 6.93. The lowest BCUT2D eigenvalue weighted by molar-refractivity contribution is 0.170. The van der Waals surface area contributed by atoms with Crippen molar-refractivity contribution in [2.45, 2.75) is 26.8 Å². The van der Waals surface area contributed by atoms with Crippen molar-refractivity contribution in [1.29, 1.82) is 0 Å². The van der Waals surface area contributed by atoms with Crippen molar-refractivity contribution in [2.24, 2.45) is 5.92 Å². The molecule has 0 spiro atoms. The number of urea groups is 1. The van der Waals surface area contributed by atoms with Crippen LogP contribution in [-0.2, 0) is 9.84 Å². The molecule has 0 saturated heterocycles. The molecular formula is C18H28N2O5S. The zero-order valence-electron chi connectivity index (χ0n) is 15.8. The van der Waals surface area contributed by atoms with Crippen LogP contribution in [0, 0.1) is 5.92 Å². The third-order valence-electron chi connectivity index (χ3n) is 4.23. The summed E-state index contributed by atoms with van der Waals surface area (Å²) in [6, 6.07) is 5.10. The number of nitrogens with zero attached hydrogens (tertiary/aromatic N) is 1. The van der Waals surface area contributed by atoms with Crippen molar-refractivity contribution in [2.75, 3.05) is 38.3 Å². The van der Waals surface area contributed by atoms with Crippen molar-refractivity contribution in [1.82, 2.24) is 10.2 Å². The third kappa shape index (κ3) is 5.52. The molecule has 1 aliphatic heterocycles. The molecule has 0 saturated carbocycles. The van der Waals surface area contributed by atoms with Gasteiger partial charge in [-0.1, -0.05) is 19.9 Å². The Morgan fingerprint density at radius 1 is 1.19 bits per heavy atom. The minimum atomic E-state index is -3.15. The first-order valence-corrected chi connectivity index (χ1v) is 10.6. The predicted octanol–water partition coefficient (Wildman–Crippen LogP) is 2.23. The van der Waals surface area contributed by atoms with E-state index < -0.39 is 9.84 Å². The third-order valence-corrected chi connectivity index (χ3v) is 6.23. The SMILES string of the molecule is CC(C)CS(=O)(=O)CCNC(=O)N(C)[C@@H](C)c1ccc2c(c1)OCCO2. The molecule has 1 N–H and O–H groups in total. The largest absolute Gasteiger partial charge is 0.486 e. The molecule has 1 aromatic rings. The Morgan fingerprint density at radius 3 is 2.50 bits per heavy atom. The van der Waals surface area contributed by atoms with Crippen LogP contribution in [-0.4, -0.2) is 57.7 Å². The highest BCUT2D eigenvalue weighted by atomic mass is 32.2. The van der Waals surface area contributed by atoms with Gasteiger partial charge in [0.1, 0.15) is 13.2 Å². The second-order valence-corrected chi connectivity index (χ2v) is 9.16. The van der Waals surface area contributed by atoms with Gasteiger partial charge in [-0.2, -0.15) is 0 Å². The number of hydrogen-bond acceptors (Lipinski definition) is 5. The first kappa shape index (κ1) is 20.4. The number of fused-ring (bicyclic) bond motifs is 1. The lowest BCUT2D eigenvalue weighted by atomic mass is 10.1. The van der Waals surface area contributed by atoms with Crippen molar-refractivity contribution < 1.29 is 22.7 Å². The molecular weight excluding hydrogens is 356 g/mol. The fraction of sp³-hybridized carbons (Fsp3) is 0.611. The molecule has 0 aromatic heterocycles. The first-order valence-electron chi connectivity index (χ1n) is 8.80. The Bertz CT molecular complexity index is 733. The summed E-state index contributed by atoms with van der Waals surface area (Å²) in [7, 11) is -1.47. The maximum atomic E-state index is 12.3. The van der Waals surface area contributed by atoms with Crippen LogP contribution in [0.2, 0.25) is 0 Å². The van der Waals surface area contributed by atoms with E-state index in [4.69, 9.17) is 9.47 Å². The smallest absolute Gasteiger partial charge is 0.317 e. The van der Waals surface area contributed by atoms with E-state index in [0.717, 1.165) is 5.56 Å². The van der Waals surface area contributed by atoms with Crippen LogP contribution in [0.3, 0.4) is 0 Å². The van der Waals surface area contributed by atoms with E-state index in [-0.39, 0.29) is 36.0 Å². The lowest BCUT2D eigenvalue weighted by Gasteiger charge is -2.27. The van der Waals surface area contributed by atoms with E-state index in [1.165, 1.54) is 0 Å². The number of carbonyl (C=O) groups is 1. The normalized spacial score (nSPS) is 14.8. The summed E-state index contributed by atoms with van der Waals surface area (Å²) in [6.07, 6.45) is 0. The number of ether oxygens (including phenoxy) is 2. The lowest BCUT2D eigenvalue weighted by Crippen LogP contribution is -2.41. The Morgan fingerprint density at radius 2 is 1.85 bits per heavy atom. The number of benzene rings is 1. The molecule has 0 radical (unpaired) electrons. The van der Waals surface area contributed by atoms with Gasteiger partial charge >= 0.3 is 6.03 Å². The Balaban J connectivity index is 1.91. The van der Waals surface area contributed by atoms with E-state index in [9.17, 15) is 13.2 Å². The summed E-state index contributed by atoms with van der Waals surface area (Å²) < 4.78 is 34.9. The van der Waals surface area contributed by atoms with Crippen LogP contribution < -0.4 is 14.8 Å². The zero-order chi connectivity index (χ0) is 19.3. The fourth-order valence-electron chi connectivity index (χ4n) is 2.75. The van der Waals surface area contributed by atoms with Gasteiger partial charge in [0.25, 0.3) is 0 Å². The molecule has 0 aliphatic carbocycles. The molecule has 8 heteroatoms. The molecule has 0 bridgehead atoms. The number of hydrogen-bond donors (Lipinski definition) is 1. The number of sulfone groups is 1. The van der Waals surface area contributed by atoms with Gasteiger partial charge in [-0.3, -0.25) is 0 Å². The van der Waals surface area contributed by atoms with Gasteiger partial charge in [0.15, 0.2) is 21.3 Å². The minimum absolute atomic E-state index is 0.0524. The van der Waals surface area contributed by atoms with Gasteiger partial charge in [0.05, 0.1) is 17.5 Å². The average Bonchev–Trinajstić information content (AvgIpc) is 2.58. The molecule has 1 aromatic carbocycles. The summed E-state index contributed by atoms with van der Waals surface area (Å²) in [6.45, 7) is 6.76. The maximum absolute atomic E-state index is 12.3. The van der Waals surface area contributed by atoms with Crippen LogP contribution in [0.4, 0.5) is 4.79 Å². The Labute approximate surface area is 155 Å². The van der Waals surface area contributed by atoms with Gasteiger partial charge < -0.3 is 19.7 Å². The number of amides is 2. The molecule has 1 atom stereocenters. The van der Waals surface area contributed by atoms with Crippen molar-refractivity contribution in [3.8, 4) is 11.5 Å². The Hall–Kier alpha value is -1.96. The summed E-state index contributed by atoms with van der Waals surface area (Å²) in [5.74, 6) is 1.53. The summed E-state index contributed by atoms with van der Waals surface area (Å²) in [4.78, 5) is 13.9. The monoisotopic (exact) mass is 384 g/mol. The minimum Gasteiger partial charge on any atom is -0.486 e. The molecule has 26 heavy (non-hydrogen) atoms. The van der Waals surface area contributed by atoms with E-state index in [1.807, 2.05) is 39.0 Å². The fourth-order valence-corrected chi connectivity index (χ4v) is 4.34. The zero-order valence-corrected chi connectivity index (χ0v) is 16.6. The maximum Gasteiger partial charge on any atom is 0.317 e. The van der Waals surface area contributed by atoms with Crippen LogP contribution in [0.1, 0.15) is 32.4 Å². The van der Waals surface area contributed by atoms with E-state index in [1.54, 1.807) is 11.9 Å². The van der Waals surface area contributed by atoms with Gasteiger partial charge in [-0.05, 0) is 30.5 Å². The highest BCUT2D eigenvalue weighted by molar-refractivity contribution is 7.91. The van der Waals surface area contributed by atoms with Crippen LogP contribution in [0.5, 0.6) is 11.5 Å². The molecule has 7 nitrogen and oxygen atoms in total. The number of carbonyl (C=O) groups excluding carboxylic acids is 1. The van der Waals surface area contributed by atoms with Gasteiger partial charge in [-0.25, -0.2) is 13.2 Å². The van der Waals surface area contributed by atoms with Crippen LogP contribution in [0.15, 0.2) is 18.2 Å². The number of nitrogens with one attached hydrogen (secondary N) is 1. The molecule has 1 heterocycles. The van der Waals surface area contributed by atoms with Crippen molar-refractivity contribution >= 4 is 15.9 Å². The van der Waals surface area contributed by atoms with Gasteiger partial charge in [0.2, 0.25) is 0 Å². The topological polar surface area (TPSA) is 84.9 Å². The predicted molar refractivity (Wildman–Crippen MR) is 101 cm³/mol. The van der Waals surface area contributed by atoms with E-state index in [0.29, 0.717) is 24.7 Å². The Kier molecular flexibility index (Phi) is 6.75. The second kappa shape index (κ2) is 8.62. The molecule has 1 aliphatic rings. The van der Waals surface area contributed by atoms with Crippen molar-refractivity contribution in [3.05, 3.63) is 23.8 Å². The van der Waals surface area contributed by atoms with Crippen LogP contribution in [0.25, 0.3) is 0 Å². The molecule has 2 rings (SSSR count). The summed E-state index contributed by atoms with van der Waals surface area (Å²) in [5, 5.41) is 2.68. The van der Waals surface area contributed by atoms with E-state index in [2.05, 4.69) is 5.32 Å². The standard InChI is InChI=1S/C18H28N2O5S/c1-13(2)12-26(22,23)10-7-19-18(21)20(4)14(3)15-5-6-16-17(11-15)25-9-8-24-16/h5-6,11,13-14H,7-10,12H2,1-4H3,(H,19,21)/t14-/m0/s1. The highest BCUT2D eigenvalue weighted by Crippen LogP contribution is 2.33. The summed E-state index contributed by atoms with van der Waals surface area (Å²) >= 11 is 0. The highest BCUT2D eigenvalue weighted by Gasteiger charge is 2.21. The number of rotatable bonds is 7. The van der Waals surface area contributed by atoms with Crippen molar-refractivity contribution in [3.63, 3.8) is 0 Å². The van der Waals surface area contributed by atoms with Gasteiger partial charge in [0, 0.05) is 13.6 Å². The molecule has 2 amide bonds. The summed E-state index contributed by atoms with van der Waals surface area (Å²) in [5.41, 5.74) is 0.916. The van der Waals surface area contributed by atoms with E-state index >= 15 is 0 Å². The van der Waals surface area contributed by atoms with Crippen LogP contribution >= 0.6 is 0 Å². The molecule has 0 fully saturated rings. The average molecular weight is 384 g/mol. The molecule has 0 unspecified atom stereocenters. The van der Waals surface area contributed by atoms with Gasteiger partial charge in [-0.15, -0.1) is 0 Å².